The normalized spacial score (nSPS) is 15.3. The molecule has 3 aromatic heterocycles. The molecular formula is C28H29N5O2S. The van der Waals surface area contributed by atoms with Crippen molar-refractivity contribution < 1.29 is 8.42 Å². The number of imidazole rings is 1. The number of aromatic amines is 1. The zero-order valence-electron chi connectivity index (χ0n) is 20.7. The largest absolute Gasteiger partial charge is 0.346 e. The highest BCUT2D eigenvalue weighted by molar-refractivity contribution is 7.89. The van der Waals surface area contributed by atoms with Crippen molar-refractivity contribution in [2.45, 2.75) is 44.0 Å². The number of rotatable bonds is 4. The topological polar surface area (TPSA) is 83.9 Å². The first-order chi connectivity index (χ1) is 17.2. The van der Waals surface area contributed by atoms with E-state index in [0.717, 1.165) is 57.2 Å². The van der Waals surface area contributed by atoms with Gasteiger partial charge in [-0.25, -0.2) is 18.4 Å². The van der Waals surface area contributed by atoms with Crippen LogP contribution < -0.4 is 0 Å². The number of H-pyrrole nitrogens is 1. The van der Waals surface area contributed by atoms with Crippen molar-refractivity contribution in [1.82, 2.24) is 23.8 Å². The van der Waals surface area contributed by atoms with E-state index < -0.39 is 10.0 Å². The average Bonchev–Trinajstić information content (AvgIpc) is 3.62. The average molecular weight is 500 g/mol. The summed E-state index contributed by atoms with van der Waals surface area (Å²) in [6.45, 7) is 7.68. The minimum absolute atomic E-state index is 0.0806. The molecule has 5 aromatic rings. The molecule has 0 bridgehead atoms. The van der Waals surface area contributed by atoms with E-state index in [-0.39, 0.29) is 5.54 Å². The quantitative estimate of drug-likeness (QED) is 0.339. The van der Waals surface area contributed by atoms with Gasteiger partial charge in [-0.15, -0.1) is 0 Å². The Morgan fingerprint density at radius 2 is 1.72 bits per heavy atom. The fraction of sp³-hybridized carbons (Fsp3) is 0.286. The molecule has 7 nitrogen and oxygen atoms in total. The highest BCUT2D eigenvalue weighted by Gasteiger charge is 2.27. The Morgan fingerprint density at radius 3 is 2.50 bits per heavy atom. The molecule has 36 heavy (non-hydrogen) atoms. The molecule has 1 fully saturated rings. The molecule has 4 heterocycles. The van der Waals surface area contributed by atoms with Crippen molar-refractivity contribution in [3.05, 3.63) is 67.3 Å². The Kier molecular flexibility index (Phi) is 5.28. The van der Waals surface area contributed by atoms with Gasteiger partial charge in [-0.3, -0.25) is 0 Å². The minimum atomic E-state index is -3.49. The molecule has 184 valence electrons. The third kappa shape index (κ3) is 3.81. The molecule has 8 heteroatoms. The minimum Gasteiger partial charge on any atom is -0.346 e. The van der Waals surface area contributed by atoms with E-state index in [9.17, 15) is 8.42 Å². The van der Waals surface area contributed by atoms with E-state index in [1.54, 1.807) is 22.6 Å². The standard InChI is InChI=1S/C28H29N5O2S/c1-28(2,3)33-18-31-25-10-9-20(15-26(25)33)24-17-30-27-23(24)14-21(16-29-27)19-7-6-8-22(13-19)36(34,35)32-11-4-5-12-32/h6-10,13-18H,4-5,11-12H2,1-3H3,(H,29,30). The molecular weight excluding hydrogens is 470 g/mol. The summed E-state index contributed by atoms with van der Waals surface area (Å²) in [5.41, 5.74) is 6.58. The monoisotopic (exact) mass is 499 g/mol. The summed E-state index contributed by atoms with van der Waals surface area (Å²) < 4.78 is 30.0. The van der Waals surface area contributed by atoms with Crippen LogP contribution in [0.4, 0.5) is 0 Å². The van der Waals surface area contributed by atoms with Gasteiger partial charge in [-0.05, 0) is 75.1 Å². The number of hydrogen-bond donors (Lipinski definition) is 1. The van der Waals surface area contributed by atoms with Gasteiger partial charge in [0.25, 0.3) is 0 Å². The number of fused-ring (bicyclic) bond motifs is 2. The van der Waals surface area contributed by atoms with Gasteiger partial charge in [0.05, 0.1) is 22.3 Å². The van der Waals surface area contributed by atoms with E-state index in [4.69, 9.17) is 0 Å². The van der Waals surface area contributed by atoms with Crippen LogP contribution in [0.3, 0.4) is 0 Å². The van der Waals surface area contributed by atoms with Crippen LogP contribution in [0.15, 0.2) is 72.1 Å². The third-order valence-corrected chi connectivity index (χ3v) is 8.88. The fourth-order valence-corrected chi connectivity index (χ4v) is 6.59. The maximum absolute atomic E-state index is 13.1. The Bertz CT molecular complexity index is 1700. The van der Waals surface area contributed by atoms with Crippen molar-refractivity contribution in [2.75, 3.05) is 13.1 Å². The van der Waals surface area contributed by atoms with Gasteiger partial charge >= 0.3 is 0 Å². The van der Waals surface area contributed by atoms with E-state index >= 15 is 0 Å². The van der Waals surface area contributed by atoms with Crippen LogP contribution in [0.5, 0.6) is 0 Å². The highest BCUT2D eigenvalue weighted by atomic mass is 32.2. The molecule has 6 rings (SSSR count). The van der Waals surface area contributed by atoms with E-state index in [0.29, 0.717) is 18.0 Å². The molecule has 1 aliphatic heterocycles. The zero-order valence-corrected chi connectivity index (χ0v) is 21.5. The smallest absolute Gasteiger partial charge is 0.243 e. The van der Waals surface area contributed by atoms with Crippen LogP contribution in [0, 0.1) is 0 Å². The molecule has 0 radical (unpaired) electrons. The molecule has 1 saturated heterocycles. The summed E-state index contributed by atoms with van der Waals surface area (Å²) in [5, 5.41) is 0.987. The molecule has 1 aliphatic rings. The first-order valence-electron chi connectivity index (χ1n) is 12.3. The van der Waals surface area contributed by atoms with Gasteiger partial charge in [0.15, 0.2) is 0 Å². The number of sulfonamides is 1. The Balaban J connectivity index is 1.43. The number of pyridine rings is 1. The van der Waals surface area contributed by atoms with Crippen molar-refractivity contribution in [3.8, 4) is 22.3 Å². The highest BCUT2D eigenvalue weighted by Crippen LogP contribution is 2.34. The maximum Gasteiger partial charge on any atom is 0.243 e. The van der Waals surface area contributed by atoms with Gasteiger partial charge in [-0.2, -0.15) is 4.31 Å². The van der Waals surface area contributed by atoms with Crippen LogP contribution in [0.25, 0.3) is 44.3 Å². The first kappa shape index (κ1) is 22.9. The van der Waals surface area contributed by atoms with Gasteiger partial charge in [0.2, 0.25) is 10.0 Å². The summed E-state index contributed by atoms with van der Waals surface area (Å²) in [6.07, 6.45) is 7.50. The molecule has 2 aromatic carbocycles. The second-order valence-electron chi connectivity index (χ2n) is 10.5. The summed E-state index contributed by atoms with van der Waals surface area (Å²) in [7, 11) is -3.49. The molecule has 0 saturated carbocycles. The molecule has 0 aliphatic carbocycles. The lowest BCUT2D eigenvalue weighted by Gasteiger charge is -2.21. The van der Waals surface area contributed by atoms with Crippen LogP contribution in [0.1, 0.15) is 33.6 Å². The number of benzene rings is 2. The summed E-state index contributed by atoms with van der Waals surface area (Å²) in [4.78, 5) is 12.8. The zero-order chi connectivity index (χ0) is 25.1. The molecule has 0 amide bonds. The number of hydrogen-bond acceptors (Lipinski definition) is 4. The maximum atomic E-state index is 13.1. The predicted octanol–water partition coefficient (Wildman–Crippen LogP) is 5.79. The second-order valence-corrected chi connectivity index (χ2v) is 12.4. The summed E-state index contributed by atoms with van der Waals surface area (Å²) in [5.74, 6) is 0. The predicted molar refractivity (Wildman–Crippen MR) is 143 cm³/mol. The molecule has 0 unspecified atom stereocenters. The lowest BCUT2D eigenvalue weighted by atomic mass is 10.0. The van der Waals surface area contributed by atoms with Crippen LogP contribution in [-0.2, 0) is 15.6 Å². The lowest BCUT2D eigenvalue weighted by Crippen LogP contribution is -2.27. The van der Waals surface area contributed by atoms with Crippen LogP contribution >= 0.6 is 0 Å². The Morgan fingerprint density at radius 1 is 0.917 bits per heavy atom. The van der Waals surface area contributed by atoms with Crippen molar-refractivity contribution in [3.63, 3.8) is 0 Å². The number of nitrogens with one attached hydrogen (secondary N) is 1. The van der Waals surface area contributed by atoms with Crippen molar-refractivity contribution in [1.29, 1.82) is 0 Å². The van der Waals surface area contributed by atoms with Gasteiger partial charge in [0, 0.05) is 47.5 Å². The fourth-order valence-electron chi connectivity index (χ4n) is 5.02. The SMILES string of the molecule is CC(C)(C)n1cnc2ccc(-c3c[nH]c4ncc(-c5cccc(S(=O)(=O)N6CCCC6)c5)cc34)cc21. The van der Waals surface area contributed by atoms with Gasteiger partial charge < -0.3 is 9.55 Å². The summed E-state index contributed by atoms with van der Waals surface area (Å²) >= 11 is 0. The molecule has 0 spiro atoms. The van der Waals surface area contributed by atoms with Crippen molar-refractivity contribution in [2.24, 2.45) is 0 Å². The van der Waals surface area contributed by atoms with E-state index in [1.807, 2.05) is 24.7 Å². The Hall–Kier alpha value is -3.49. The number of nitrogens with zero attached hydrogens (tertiary/aromatic N) is 4. The number of aromatic nitrogens is 4. The van der Waals surface area contributed by atoms with E-state index in [2.05, 4.69) is 64.6 Å². The van der Waals surface area contributed by atoms with Crippen LogP contribution in [0.2, 0.25) is 0 Å². The first-order valence-corrected chi connectivity index (χ1v) is 13.7. The van der Waals surface area contributed by atoms with Crippen molar-refractivity contribution >= 4 is 32.1 Å². The molecule has 0 atom stereocenters. The summed E-state index contributed by atoms with van der Waals surface area (Å²) in [6, 6.07) is 15.6. The van der Waals surface area contributed by atoms with E-state index in [1.165, 1.54) is 0 Å². The second kappa shape index (κ2) is 8.28. The van der Waals surface area contributed by atoms with Gasteiger partial charge in [0.1, 0.15) is 5.65 Å². The molecule has 1 N–H and O–H groups in total. The van der Waals surface area contributed by atoms with Gasteiger partial charge in [-0.1, -0.05) is 18.2 Å². The van der Waals surface area contributed by atoms with Crippen LogP contribution in [-0.4, -0.2) is 45.3 Å². The third-order valence-electron chi connectivity index (χ3n) is 6.98. The Labute approximate surface area is 210 Å². The lowest BCUT2D eigenvalue weighted by molar-refractivity contribution is 0.408.